The maximum absolute atomic E-state index is 13.9. The van der Waals surface area contributed by atoms with Gasteiger partial charge >= 0.3 is 0 Å². The SMILES string of the molecule is COc1cccc([C@H](C(=O)NC(C)(C)C)N(Cc2ccccc2)C(=O)Cn2nnc3ccccc32)c1. The fourth-order valence-corrected chi connectivity index (χ4v) is 4.08. The summed E-state index contributed by atoms with van der Waals surface area (Å²) in [7, 11) is 1.58. The number of hydrogen-bond donors (Lipinski definition) is 1. The van der Waals surface area contributed by atoms with Gasteiger partial charge in [-0.15, -0.1) is 5.10 Å². The van der Waals surface area contributed by atoms with E-state index in [0.717, 1.165) is 11.1 Å². The Morgan fingerprint density at radius 3 is 2.44 bits per heavy atom. The van der Waals surface area contributed by atoms with E-state index in [1.165, 1.54) is 0 Å². The Hall–Kier alpha value is -4.20. The number of ether oxygens (including phenoxy) is 1. The van der Waals surface area contributed by atoms with E-state index in [-0.39, 0.29) is 24.9 Å². The van der Waals surface area contributed by atoms with Crippen molar-refractivity contribution >= 4 is 22.8 Å². The molecule has 0 unspecified atom stereocenters. The van der Waals surface area contributed by atoms with E-state index in [1.54, 1.807) is 22.8 Å². The first-order valence-corrected chi connectivity index (χ1v) is 11.8. The molecule has 0 fully saturated rings. The van der Waals surface area contributed by atoms with Gasteiger partial charge in [0.2, 0.25) is 11.8 Å². The molecule has 4 rings (SSSR count). The highest BCUT2D eigenvalue weighted by atomic mass is 16.5. The minimum absolute atomic E-state index is 0.0589. The van der Waals surface area contributed by atoms with Gasteiger partial charge in [-0.05, 0) is 56.2 Å². The van der Waals surface area contributed by atoms with Crippen molar-refractivity contribution in [1.29, 1.82) is 0 Å². The molecule has 0 radical (unpaired) electrons. The van der Waals surface area contributed by atoms with E-state index >= 15 is 0 Å². The molecule has 0 saturated carbocycles. The predicted octanol–water partition coefficient (Wildman–Crippen LogP) is 4.12. The number of amides is 2. The Balaban J connectivity index is 1.77. The van der Waals surface area contributed by atoms with Gasteiger partial charge in [0.25, 0.3) is 0 Å². The normalized spacial score (nSPS) is 12.2. The van der Waals surface area contributed by atoms with Gasteiger partial charge in [0.1, 0.15) is 23.9 Å². The van der Waals surface area contributed by atoms with Gasteiger partial charge in [0, 0.05) is 12.1 Å². The molecule has 186 valence electrons. The second kappa shape index (κ2) is 10.6. The number of nitrogens with one attached hydrogen (secondary N) is 1. The Labute approximate surface area is 210 Å². The molecule has 0 aliphatic carbocycles. The quantitative estimate of drug-likeness (QED) is 0.405. The third kappa shape index (κ3) is 5.89. The monoisotopic (exact) mass is 485 g/mol. The number of rotatable bonds is 8. The molecule has 3 aromatic carbocycles. The van der Waals surface area contributed by atoms with Gasteiger partial charge < -0.3 is 15.0 Å². The minimum Gasteiger partial charge on any atom is -0.497 e. The Kier molecular flexibility index (Phi) is 7.33. The zero-order chi connectivity index (χ0) is 25.7. The topological polar surface area (TPSA) is 89.4 Å². The molecule has 8 heteroatoms. The number of carbonyl (C=O) groups is 2. The summed E-state index contributed by atoms with van der Waals surface area (Å²) in [5, 5.41) is 11.4. The first-order valence-electron chi connectivity index (χ1n) is 11.8. The van der Waals surface area contributed by atoms with Crippen LogP contribution >= 0.6 is 0 Å². The average Bonchev–Trinajstić information content (AvgIpc) is 3.26. The van der Waals surface area contributed by atoms with Gasteiger partial charge in [-0.2, -0.15) is 0 Å². The van der Waals surface area contributed by atoms with Crippen molar-refractivity contribution in [3.8, 4) is 5.75 Å². The molecule has 1 atom stereocenters. The van der Waals surface area contributed by atoms with Crippen LogP contribution in [0.4, 0.5) is 0 Å². The summed E-state index contributed by atoms with van der Waals surface area (Å²) >= 11 is 0. The summed E-state index contributed by atoms with van der Waals surface area (Å²) in [5.41, 5.74) is 2.53. The number of aromatic nitrogens is 3. The number of methoxy groups -OCH3 is 1. The van der Waals surface area contributed by atoms with E-state index in [0.29, 0.717) is 16.8 Å². The van der Waals surface area contributed by atoms with Crippen LogP contribution in [0.1, 0.15) is 37.9 Å². The molecule has 2 amide bonds. The third-order valence-electron chi connectivity index (χ3n) is 5.69. The van der Waals surface area contributed by atoms with Crippen molar-refractivity contribution in [3.05, 3.63) is 90.0 Å². The number of benzene rings is 3. The first-order chi connectivity index (χ1) is 17.2. The summed E-state index contributed by atoms with van der Waals surface area (Å²) < 4.78 is 6.99. The van der Waals surface area contributed by atoms with E-state index in [1.807, 2.05) is 93.6 Å². The van der Waals surface area contributed by atoms with Crippen LogP contribution in [-0.4, -0.2) is 44.4 Å². The molecule has 0 spiro atoms. The molecule has 0 saturated heterocycles. The van der Waals surface area contributed by atoms with Crippen LogP contribution in [0.5, 0.6) is 5.75 Å². The van der Waals surface area contributed by atoms with E-state index in [9.17, 15) is 9.59 Å². The van der Waals surface area contributed by atoms with Crippen molar-refractivity contribution in [3.63, 3.8) is 0 Å². The summed E-state index contributed by atoms with van der Waals surface area (Å²) in [6.07, 6.45) is 0. The zero-order valence-corrected chi connectivity index (χ0v) is 21.0. The van der Waals surface area contributed by atoms with Crippen molar-refractivity contribution in [2.24, 2.45) is 0 Å². The predicted molar refractivity (Wildman–Crippen MR) is 138 cm³/mol. The smallest absolute Gasteiger partial charge is 0.247 e. The summed E-state index contributed by atoms with van der Waals surface area (Å²) in [5.74, 6) is 0.0744. The Morgan fingerprint density at radius 1 is 1.00 bits per heavy atom. The lowest BCUT2D eigenvalue weighted by Gasteiger charge is -2.34. The zero-order valence-electron chi connectivity index (χ0n) is 21.0. The second-order valence-electron chi connectivity index (χ2n) is 9.66. The number of hydrogen-bond acceptors (Lipinski definition) is 5. The first kappa shape index (κ1) is 24.9. The highest BCUT2D eigenvalue weighted by molar-refractivity contribution is 5.89. The lowest BCUT2D eigenvalue weighted by molar-refractivity contribution is -0.142. The molecule has 1 heterocycles. The minimum atomic E-state index is -0.887. The molecular weight excluding hydrogens is 454 g/mol. The molecule has 1 aromatic heterocycles. The molecule has 0 bridgehead atoms. The molecule has 8 nitrogen and oxygen atoms in total. The Morgan fingerprint density at radius 2 is 1.72 bits per heavy atom. The van der Waals surface area contributed by atoms with Crippen LogP contribution in [0, 0.1) is 0 Å². The number of fused-ring (bicyclic) bond motifs is 1. The van der Waals surface area contributed by atoms with Gasteiger partial charge in [-0.3, -0.25) is 9.59 Å². The lowest BCUT2D eigenvalue weighted by Crippen LogP contribution is -2.49. The fourth-order valence-electron chi connectivity index (χ4n) is 4.08. The number of para-hydroxylation sites is 1. The lowest BCUT2D eigenvalue weighted by atomic mass is 10.0. The van der Waals surface area contributed by atoms with Gasteiger partial charge in [0.15, 0.2) is 0 Å². The summed E-state index contributed by atoms with van der Waals surface area (Å²) in [6.45, 7) is 5.93. The van der Waals surface area contributed by atoms with E-state index in [2.05, 4.69) is 15.6 Å². The van der Waals surface area contributed by atoms with Crippen molar-refractivity contribution in [2.75, 3.05) is 7.11 Å². The Bertz CT molecular complexity index is 1340. The average molecular weight is 486 g/mol. The molecular formula is C28H31N5O3. The van der Waals surface area contributed by atoms with Gasteiger partial charge in [-0.1, -0.05) is 59.8 Å². The molecule has 1 N–H and O–H groups in total. The van der Waals surface area contributed by atoms with Crippen molar-refractivity contribution < 1.29 is 14.3 Å². The maximum Gasteiger partial charge on any atom is 0.247 e. The largest absolute Gasteiger partial charge is 0.497 e. The molecule has 0 aliphatic heterocycles. The van der Waals surface area contributed by atoms with Crippen LogP contribution in [0.15, 0.2) is 78.9 Å². The third-order valence-corrected chi connectivity index (χ3v) is 5.69. The van der Waals surface area contributed by atoms with Gasteiger partial charge in [-0.25, -0.2) is 4.68 Å². The standard InChI is InChI=1S/C28H31N5O3/c1-28(2,3)29-27(35)26(21-13-10-14-22(17-21)36-4)32(18-20-11-6-5-7-12-20)25(34)19-33-24-16-9-8-15-23(24)30-31-33/h5-17,26H,18-19H2,1-4H3,(H,29,35)/t26-/m1/s1. The highest BCUT2D eigenvalue weighted by Crippen LogP contribution is 2.28. The van der Waals surface area contributed by atoms with E-state index in [4.69, 9.17) is 4.74 Å². The summed E-state index contributed by atoms with van der Waals surface area (Å²) in [6, 6.07) is 23.5. The molecule has 4 aromatic rings. The van der Waals surface area contributed by atoms with Crippen LogP contribution < -0.4 is 10.1 Å². The molecule has 0 aliphatic rings. The van der Waals surface area contributed by atoms with Crippen molar-refractivity contribution in [1.82, 2.24) is 25.2 Å². The fraction of sp³-hybridized carbons (Fsp3) is 0.286. The molecule has 36 heavy (non-hydrogen) atoms. The summed E-state index contributed by atoms with van der Waals surface area (Å²) in [4.78, 5) is 29.3. The maximum atomic E-state index is 13.9. The van der Waals surface area contributed by atoms with Crippen LogP contribution in [0.3, 0.4) is 0 Å². The van der Waals surface area contributed by atoms with Crippen molar-refractivity contribution in [2.45, 2.75) is 45.4 Å². The van der Waals surface area contributed by atoms with Gasteiger partial charge in [0.05, 0.1) is 12.6 Å². The van der Waals surface area contributed by atoms with Crippen LogP contribution in [0.25, 0.3) is 11.0 Å². The second-order valence-corrected chi connectivity index (χ2v) is 9.66. The number of carbonyl (C=O) groups excluding carboxylic acids is 2. The highest BCUT2D eigenvalue weighted by Gasteiger charge is 2.34. The van der Waals surface area contributed by atoms with Crippen LogP contribution in [-0.2, 0) is 22.7 Å². The van der Waals surface area contributed by atoms with E-state index < -0.39 is 11.6 Å². The number of nitrogens with zero attached hydrogens (tertiary/aromatic N) is 4. The van der Waals surface area contributed by atoms with Crippen LogP contribution in [0.2, 0.25) is 0 Å².